The number of benzene rings is 2. The molecule has 0 saturated carbocycles. The molecule has 128 valence electrons. The maximum absolute atomic E-state index is 11.4. The molecule has 0 radical (unpaired) electrons. The lowest BCUT2D eigenvalue weighted by molar-refractivity contribution is 0.306. The summed E-state index contributed by atoms with van der Waals surface area (Å²) in [4.78, 5) is 0. The number of nitrogens with one attached hydrogen (secondary N) is 1. The summed E-state index contributed by atoms with van der Waals surface area (Å²) in [6, 6.07) is 16.3. The molecular formula is C19H23NO3S. The highest BCUT2D eigenvalue weighted by Gasteiger charge is 2.27. The van der Waals surface area contributed by atoms with Crippen LogP contribution in [0.1, 0.15) is 23.1 Å². The van der Waals surface area contributed by atoms with Gasteiger partial charge in [0.2, 0.25) is 0 Å². The first-order valence-corrected chi connectivity index (χ1v) is 10.0. The van der Waals surface area contributed by atoms with E-state index in [1.807, 2.05) is 24.3 Å². The van der Waals surface area contributed by atoms with Crippen LogP contribution in [0.15, 0.2) is 48.5 Å². The van der Waals surface area contributed by atoms with Gasteiger partial charge >= 0.3 is 0 Å². The minimum absolute atomic E-state index is 0.0764. The quantitative estimate of drug-likeness (QED) is 0.875. The lowest BCUT2D eigenvalue weighted by Crippen LogP contribution is -2.29. The molecule has 1 N–H and O–H groups in total. The van der Waals surface area contributed by atoms with E-state index in [-0.39, 0.29) is 11.8 Å². The highest BCUT2D eigenvalue weighted by atomic mass is 32.2. The molecule has 1 unspecified atom stereocenters. The van der Waals surface area contributed by atoms with Crippen LogP contribution in [0, 0.1) is 6.92 Å². The van der Waals surface area contributed by atoms with Crippen LogP contribution in [-0.4, -0.2) is 26.0 Å². The van der Waals surface area contributed by atoms with E-state index in [1.165, 1.54) is 5.56 Å². The monoisotopic (exact) mass is 345 g/mol. The van der Waals surface area contributed by atoms with Crippen LogP contribution in [0.4, 0.5) is 0 Å². The van der Waals surface area contributed by atoms with Crippen LogP contribution in [0.25, 0.3) is 0 Å². The molecule has 4 nitrogen and oxygen atoms in total. The van der Waals surface area contributed by atoms with E-state index < -0.39 is 9.84 Å². The van der Waals surface area contributed by atoms with Crippen LogP contribution < -0.4 is 10.1 Å². The largest absolute Gasteiger partial charge is 0.489 e. The lowest BCUT2D eigenvalue weighted by Gasteiger charge is -2.11. The molecule has 1 heterocycles. The van der Waals surface area contributed by atoms with Gasteiger partial charge in [-0.1, -0.05) is 42.0 Å². The van der Waals surface area contributed by atoms with E-state index in [9.17, 15) is 8.42 Å². The van der Waals surface area contributed by atoms with Crippen LogP contribution in [0.2, 0.25) is 0 Å². The molecule has 1 aliphatic heterocycles. The molecule has 1 atom stereocenters. The Morgan fingerprint density at radius 2 is 1.71 bits per heavy atom. The first kappa shape index (κ1) is 17.0. The van der Waals surface area contributed by atoms with E-state index in [2.05, 4.69) is 36.5 Å². The van der Waals surface area contributed by atoms with Crippen molar-refractivity contribution < 1.29 is 13.2 Å². The fourth-order valence-corrected chi connectivity index (χ4v) is 4.48. The Bertz CT molecular complexity index is 767. The Labute approximate surface area is 143 Å². The number of aryl methyl sites for hydroxylation is 1. The number of hydrogen-bond acceptors (Lipinski definition) is 4. The van der Waals surface area contributed by atoms with Gasteiger partial charge in [-0.3, -0.25) is 0 Å². The van der Waals surface area contributed by atoms with Gasteiger partial charge < -0.3 is 10.1 Å². The molecule has 0 bridgehead atoms. The minimum atomic E-state index is -2.83. The Kier molecular flexibility index (Phi) is 5.21. The fraction of sp³-hybridized carbons (Fsp3) is 0.368. The third kappa shape index (κ3) is 4.82. The van der Waals surface area contributed by atoms with Crippen molar-refractivity contribution in [3.63, 3.8) is 0 Å². The summed E-state index contributed by atoms with van der Waals surface area (Å²) >= 11 is 0. The number of ether oxygens (including phenoxy) is 1. The second-order valence-corrected chi connectivity index (χ2v) is 8.63. The van der Waals surface area contributed by atoms with Crippen molar-refractivity contribution in [2.24, 2.45) is 0 Å². The fourth-order valence-electron chi connectivity index (χ4n) is 2.77. The van der Waals surface area contributed by atoms with Crippen LogP contribution in [-0.2, 0) is 23.0 Å². The van der Waals surface area contributed by atoms with Crippen molar-refractivity contribution in [1.82, 2.24) is 5.32 Å². The maximum Gasteiger partial charge on any atom is 0.151 e. The molecule has 0 spiro atoms. The zero-order chi connectivity index (χ0) is 17.0. The van der Waals surface area contributed by atoms with Crippen molar-refractivity contribution in [3.05, 3.63) is 65.2 Å². The highest BCUT2D eigenvalue weighted by molar-refractivity contribution is 7.91. The summed E-state index contributed by atoms with van der Waals surface area (Å²) in [5.41, 5.74) is 3.52. The predicted octanol–water partition coefficient (Wildman–Crippen LogP) is 2.85. The van der Waals surface area contributed by atoms with Gasteiger partial charge in [0.25, 0.3) is 0 Å². The number of rotatable bonds is 6. The molecule has 0 aliphatic carbocycles. The van der Waals surface area contributed by atoms with Crippen LogP contribution in [0.5, 0.6) is 5.75 Å². The molecular weight excluding hydrogens is 322 g/mol. The SMILES string of the molecule is Cc1ccc(COc2ccc(CNC3CCS(=O)(=O)C3)cc2)cc1. The maximum atomic E-state index is 11.4. The minimum Gasteiger partial charge on any atom is -0.489 e. The van der Waals surface area contributed by atoms with Crippen LogP contribution in [0.3, 0.4) is 0 Å². The first-order chi connectivity index (χ1) is 11.5. The second-order valence-electron chi connectivity index (χ2n) is 6.40. The van der Waals surface area contributed by atoms with E-state index in [4.69, 9.17) is 4.74 Å². The van der Waals surface area contributed by atoms with Crippen molar-refractivity contribution in [2.45, 2.75) is 32.5 Å². The van der Waals surface area contributed by atoms with Gasteiger partial charge in [0.1, 0.15) is 12.4 Å². The van der Waals surface area contributed by atoms with E-state index in [0.717, 1.165) is 16.9 Å². The van der Waals surface area contributed by atoms with E-state index >= 15 is 0 Å². The molecule has 5 heteroatoms. The van der Waals surface area contributed by atoms with Gasteiger partial charge in [-0.2, -0.15) is 0 Å². The average Bonchev–Trinajstić information content (AvgIpc) is 2.92. The van der Waals surface area contributed by atoms with Crippen molar-refractivity contribution in [2.75, 3.05) is 11.5 Å². The number of hydrogen-bond donors (Lipinski definition) is 1. The molecule has 3 rings (SSSR count). The third-order valence-electron chi connectivity index (χ3n) is 4.28. The molecule has 1 aliphatic rings. The van der Waals surface area contributed by atoms with Crippen molar-refractivity contribution in [3.8, 4) is 5.75 Å². The summed E-state index contributed by atoms with van der Waals surface area (Å²) < 4.78 is 28.7. The van der Waals surface area contributed by atoms with Gasteiger partial charge in [0.05, 0.1) is 11.5 Å². The zero-order valence-electron chi connectivity index (χ0n) is 13.9. The van der Waals surface area contributed by atoms with Crippen molar-refractivity contribution in [1.29, 1.82) is 0 Å². The third-order valence-corrected chi connectivity index (χ3v) is 6.04. The summed E-state index contributed by atoms with van der Waals surface area (Å²) in [6.45, 7) is 3.30. The predicted molar refractivity (Wildman–Crippen MR) is 95.9 cm³/mol. The molecule has 1 saturated heterocycles. The Morgan fingerprint density at radius 1 is 1.04 bits per heavy atom. The van der Waals surface area contributed by atoms with Gasteiger partial charge in [-0.05, 0) is 36.6 Å². The summed E-state index contributed by atoms with van der Waals surface area (Å²) in [7, 11) is -2.83. The van der Waals surface area contributed by atoms with E-state index in [0.29, 0.717) is 25.3 Å². The smallest absolute Gasteiger partial charge is 0.151 e. The van der Waals surface area contributed by atoms with Crippen LogP contribution >= 0.6 is 0 Å². The van der Waals surface area contributed by atoms with Gasteiger partial charge in [-0.15, -0.1) is 0 Å². The summed E-state index contributed by atoms with van der Waals surface area (Å²) in [5.74, 6) is 1.39. The van der Waals surface area contributed by atoms with Gasteiger partial charge in [-0.25, -0.2) is 8.42 Å². The Morgan fingerprint density at radius 3 is 2.33 bits per heavy atom. The standard InChI is InChI=1S/C19H23NO3S/c1-15-2-4-17(5-3-15)13-23-19-8-6-16(7-9-19)12-20-18-10-11-24(21,22)14-18/h2-9,18,20H,10-14H2,1H3. The number of sulfone groups is 1. The normalized spacial score (nSPS) is 19.3. The van der Waals surface area contributed by atoms with E-state index in [1.54, 1.807) is 0 Å². The topological polar surface area (TPSA) is 55.4 Å². The Balaban J connectivity index is 1.47. The second kappa shape index (κ2) is 7.36. The Hall–Kier alpha value is -1.85. The highest BCUT2D eigenvalue weighted by Crippen LogP contribution is 2.16. The summed E-state index contributed by atoms with van der Waals surface area (Å²) in [6.07, 6.45) is 0.708. The molecule has 24 heavy (non-hydrogen) atoms. The molecule has 2 aromatic carbocycles. The lowest BCUT2D eigenvalue weighted by atomic mass is 10.1. The average molecular weight is 345 g/mol. The summed E-state index contributed by atoms with van der Waals surface area (Å²) in [5, 5.41) is 3.32. The molecule has 1 fully saturated rings. The van der Waals surface area contributed by atoms with Crippen molar-refractivity contribution >= 4 is 9.84 Å². The molecule has 0 aromatic heterocycles. The zero-order valence-corrected chi connectivity index (χ0v) is 14.7. The molecule has 0 amide bonds. The van der Waals surface area contributed by atoms with Gasteiger partial charge in [0, 0.05) is 12.6 Å². The van der Waals surface area contributed by atoms with Gasteiger partial charge in [0.15, 0.2) is 9.84 Å². The first-order valence-electron chi connectivity index (χ1n) is 8.21. The molecule has 2 aromatic rings.